The summed E-state index contributed by atoms with van der Waals surface area (Å²) < 4.78 is 5.51. The molecule has 0 bridgehead atoms. The molecule has 4 nitrogen and oxygen atoms in total. The summed E-state index contributed by atoms with van der Waals surface area (Å²) in [7, 11) is -1.42. The fourth-order valence-electron chi connectivity index (χ4n) is 3.10. The Morgan fingerprint density at radius 2 is 1.65 bits per heavy atom. The minimum Gasteiger partial charge on any atom is -0.418 e. The van der Waals surface area contributed by atoms with Crippen LogP contribution in [0, 0.1) is 0 Å². The largest absolute Gasteiger partial charge is 0.418 e. The number of hydrogen-bond acceptors (Lipinski definition) is 3. The van der Waals surface area contributed by atoms with E-state index in [1.165, 1.54) is 0 Å². The van der Waals surface area contributed by atoms with Gasteiger partial charge in [-0.15, -0.1) is 0 Å². The van der Waals surface area contributed by atoms with E-state index in [0.29, 0.717) is 6.42 Å². The number of hydrogen-bond donors (Lipinski definition) is 1. The van der Waals surface area contributed by atoms with Crippen molar-refractivity contribution in [2.45, 2.75) is 78.0 Å². The number of nitrogens with zero attached hydrogens (tertiary/aromatic N) is 1. The van der Waals surface area contributed by atoms with Gasteiger partial charge < -0.3 is 14.7 Å². The fraction of sp³-hybridized carbons (Fsp3) is 0.571. The zero-order valence-electron chi connectivity index (χ0n) is 17.3. The Bertz CT molecular complexity index is 583. The Labute approximate surface area is 159 Å². The highest BCUT2D eigenvalue weighted by atomic mass is 28.3. The van der Waals surface area contributed by atoms with Crippen molar-refractivity contribution in [2.24, 2.45) is 0 Å². The second-order valence-corrected chi connectivity index (χ2v) is 14.1. The number of aliphatic hydroxyl groups is 1. The molecule has 1 aromatic carbocycles. The molecular weight excluding hydrogens is 342 g/mol. The predicted molar refractivity (Wildman–Crippen MR) is 111 cm³/mol. The van der Waals surface area contributed by atoms with Crippen molar-refractivity contribution in [3.05, 3.63) is 47.7 Å². The summed E-state index contributed by atoms with van der Waals surface area (Å²) in [6, 6.07) is 10.6. The molecule has 1 rings (SSSR count). The number of amides is 1. The summed E-state index contributed by atoms with van der Waals surface area (Å²) in [5.41, 5.74) is 1.87. The van der Waals surface area contributed by atoms with Gasteiger partial charge in [-0.25, -0.2) is 4.79 Å². The number of benzene rings is 1. The Hall–Kier alpha value is -1.59. The summed E-state index contributed by atoms with van der Waals surface area (Å²) in [5, 5.41) is 10.6. The first-order valence-electron chi connectivity index (χ1n) is 9.41. The summed E-state index contributed by atoms with van der Waals surface area (Å²) >= 11 is 0. The minimum absolute atomic E-state index is 0.0752. The van der Waals surface area contributed by atoms with Crippen LogP contribution in [0.3, 0.4) is 0 Å². The smallest absolute Gasteiger partial charge is 0.415 e. The maximum Gasteiger partial charge on any atom is 0.415 e. The number of rotatable bonds is 8. The van der Waals surface area contributed by atoms with Gasteiger partial charge in [0.2, 0.25) is 0 Å². The molecule has 0 radical (unpaired) electrons. The molecule has 0 aliphatic heterocycles. The van der Waals surface area contributed by atoms with E-state index in [9.17, 15) is 9.90 Å². The van der Waals surface area contributed by atoms with Gasteiger partial charge in [-0.3, -0.25) is 0 Å². The second kappa shape index (κ2) is 9.93. The van der Waals surface area contributed by atoms with E-state index in [1.54, 1.807) is 11.2 Å². The second-order valence-electron chi connectivity index (χ2n) is 8.62. The van der Waals surface area contributed by atoms with Gasteiger partial charge in [0.1, 0.15) is 0 Å². The van der Waals surface area contributed by atoms with Crippen LogP contribution >= 0.6 is 0 Å². The van der Waals surface area contributed by atoms with Crippen LogP contribution in [0.5, 0.6) is 0 Å². The van der Waals surface area contributed by atoms with E-state index < -0.39 is 14.2 Å². The van der Waals surface area contributed by atoms with Crippen LogP contribution in [0.2, 0.25) is 25.7 Å². The van der Waals surface area contributed by atoms with Crippen LogP contribution in [0.25, 0.3) is 0 Å². The molecule has 0 saturated carbocycles. The van der Waals surface area contributed by atoms with E-state index in [0.717, 1.165) is 17.2 Å². The Balaban J connectivity index is 2.91. The molecule has 0 aromatic heterocycles. The lowest BCUT2D eigenvalue weighted by atomic mass is 10.0. The summed E-state index contributed by atoms with van der Waals surface area (Å²) in [4.78, 5) is 14.2. The first-order valence-corrected chi connectivity index (χ1v) is 13.1. The molecule has 0 aliphatic rings. The summed E-state index contributed by atoms with van der Waals surface area (Å²) in [5.74, 6) is 0. The molecule has 1 atom stereocenters. The average molecular weight is 378 g/mol. The SMILES string of the molecule is CC(C)N(C(=O)O/C=C(\CC(O)c1ccccc1)C[Si](C)(C)C)C(C)C. The van der Waals surface area contributed by atoms with Crippen molar-refractivity contribution in [3.8, 4) is 0 Å². The molecule has 5 heteroatoms. The molecule has 0 aliphatic carbocycles. The Morgan fingerprint density at radius 1 is 1.12 bits per heavy atom. The van der Waals surface area contributed by atoms with Crippen LogP contribution in [-0.2, 0) is 4.74 Å². The van der Waals surface area contributed by atoms with Crippen LogP contribution in [-0.4, -0.2) is 36.3 Å². The Morgan fingerprint density at radius 3 is 2.12 bits per heavy atom. The van der Waals surface area contributed by atoms with Crippen LogP contribution in [0.15, 0.2) is 42.2 Å². The average Bonchev–Trinajstić information content (AvgIpc) is 2.51. The molecule has 26 heavy (non-hydrogen) atoms. The number of carbonyl (C=O) groups excluding carboxylic acids is 1. The highest BCUT2D eigenvalue weighted by Gasteiger charge is 2.23. The summed E-state index contributed by atoms with van der Waals surface area (Å²) in [6.07, 6.45) is 1.12. The number of carbonyl (C=O) groups is 1. The molecule has 1 unspecified atom stereocenters. The minimum atomic E-state index is -1.42. The van der Waals surface area contributed by atoms with Gasteiger partial charge in [-0.05, 0) is 44.9 Å². The highest BCUT2D eigenvalue weighted by Crippen LogP contribution is 2.27. The number of ether oxygens (including phenoxy) is 1. The third-order valence-corrected chi connectivity index (χ3v) is 5.56. The van der Waals surface area contributed by atoms with Crippen molar-refractivity contribution in [3.63, 3.8) is 0 Å². The van der Waals surface area contributed by atoms with Crippen molar-refractivity contribution in [1.29, 1.82) is 0 Å². The van der Waals surface area contributed by atoms with E-state index in [-0.39, 0.29) is 18.2 Å². The van der Waals surface area contributed by atoms with Gasteiger partial charge in [0.25, 0.3) is 0 Å². The van der Waals surface area contributed by atoms with Gasteiger partial charge >= 0.3 is 6.09 Å². The highest BCUT2D eigenvalue weighted by molar-refractivity contribution is 6.76. The lowest BCUT2D eigenvalue weighted by Gasteiger charge is -2.29. The van der Waals surface area contributed by atoms with Gasteiger partial charge in [0, 0.05) is 26.6 Å². The van der Waals surface area contributed by atoms with E-state index in [1.807, 2.05) is 58.0 Å². The van der Waals surface area contributed by atoms with Crippen molar-refractivity contribution >= 4 is 14.2 Å². The van der Waals surface area contributed by atoms with E-state index >= 15 is 0 Å². The van der Waals surface area contributed by atoms with Crippen LogP contribution < -0.4 is 0 Å². The standard InChI is InChI=1S/C21H35NO3Si/c1-16(2)22(17(3)4)21(24)25-14-18(15-26(5,6)7)13-20(23)19-11-9-8-10-12-19/h8-12,14,16-17,20,23H,13,15H2,1-7H3/b18-14+. The molecule has 1 N–H and O–H groups in total. The Kier molecular flexibility index (Phi) is 8.57. The lowest BCUT2D eigenvalue weighted by Crippen LogP contribution is -2.41. The predicted octanol–water partition coefficient (Wildman–Crippen LogP) is 5.59. The molecule has 0 spiro atoms. The molecule has 0 heterocycles. The maximum atomic E-state index is 12.5. The number of aliphatic hydroxyl groups excluding tert-OH is 1. The van der Waals surface area contributed by atoms with Crippen molar-refractivity contribution in [2.75, 3.05) is 0 Å². The maximum absolute atomic E-state index is 12.5. The zero-order chi connectivity index (χ0) is 19.9. The lowest BCUT2D eigenvalue weighted by molar-refractivity contribution is 0.108. The zero-order valence-corrected chi connectivity index (χ0v) is 18.3. The van der Waals surface area contributed by atoms with E-state index in [4.69, 9.17) is 4.74 Å². The first-order chi connectivity index (χ1) is 12.0. The molecule has 146 valence electrons. The molecule has 1 aromatic rings. The molecule has 1 amide bonds. The van der Waals surface area contributed by atoms with Gasteiger partial charge in [0.15, 0.2) is 0 Å². The third-order valence-electron chi connectivity index (χ3n) is 4.05. The van der Waals surface area contributed by atoms with Crippen molar-refractivity contribution in [1.82, 2.24) is 4.90 Å². The van der Waals surface area contributed by atoms with Crippen LogP contribution in [0.1, 0.15) is 45.8 Å². The quantitative estimate of drug-likeness (QED) is 0.475. The van der Waals surface area contributed by atoms with Gasteiger partial charge in [-0.2, -0.15) is 0 Å². The normalized spacial score (nSPS) is 13.8. The molecule has 0 fully saturated rings. The first kappa shape index (κ1) is 22.4. The molecule has 0 saturated heterocycles. The summed E-state index contributed by atoms with van der Waals surface area (Å²) in [6.45, 7) is 14.7. The molecular formula is C21H35NO3Si. The monoisotopic (exact) mass is 377 g/mol. The topological polar surface area (TPSA) is 49.8 Å². The van der Waals surface area contributed by atoms with E-state index in [2.05, 4.69) is 19.6 Å². The van der Waals surface area contributed by atoms with Gasteiger partial charge in [0.05, 0.1) is 12.4 Å². The third kappa shape index (κ3) is 7.75. The van der Waals surface area contributed by atoms with Crippen molar-refractivity contribution < 1.29 is 14.6 Å². The fourth-order valence-corrected chi connectivity index (χ4v) is 4.69. The van der Waals surface area contributed by atoms with Gasteiger partial charge in [-0.1, -0.05) is 50.0 Å². The van der Waals surface area contributed by atoms with Crippen LogP contribution in [0.4, 0.5) is 4.79 Å².